The van der Waals surface area contributed by atoms with Crippen molar-refractivity contribution >= 4 is 27.5 Å². The van der Waals surface area contributed by atoms with Crippen LogP contribution in [-0.4, -0.2) is 12.5 Å². The minimum absolute atomic E-state index is 0.218. The van der Waals surface area contributed by atoms with Gasteiger partial charge in [-0.3, -0.25) is 4.79 Å². The molecule has 0 aliphatic rings. The minimum Gasteiger partial charge on any atom is -0.308 e. The first-order chi connectivity index (χ1) is 13.3. The van der Waals surface area contributed by atoms with E-state index >= 15 is 0 Å². The van der Waals surface area contributed by atoms with E-state index in [1.165, 1.54) is 17.0 Å². The normalized spacial score (nSPS) is 11.3. The van der Waals surface area contributed by atoms with Crippen molar-refractivity contribution in [2.45, 2.75) is 12.6 Å². The maximum Gasteiger partial charge on any atom is 0.416 e. The van der Waals surface area contributed by atoms with Crippen molar-refractivity contribution in [3.63, 3.8) is 0 Å². The maximum atomic E-state index is 13.1. The molecular weight excluding hydrogens is 431 g/mol. The van der Waals surface area contributed by atoms with Gasteiger partial charge < -0.3 is 4.90 Å². The van der Waals surface area contributed by atoms with Gasteiger partial charge in [0.2, 0.25) is 0 Å². The Hall–Kier alpha value is -2.60. The van der Waals surface area contributed by atoms with Crippen LogP contribution >= 0.6 is 15.9 Å². The van der Waals surface area contributed by atoms with Gasteiger partial charge in [0.05, 0.1) is 5.56 Å². The van der Waals surface area contributed by atoms with Crippen molar-refractivity contribution < 1.29 is 18.0 Å². The van der Waals surface area contributed by atoms with Crippen LogP contribution in [0.25, 0.3) is 0 Å². The molecule has 0 aliphatic carbocycles. The Balaban J connectivity index is 1.95. The van der Waals surface area contributed by atoms with Crippen LogP contribution in [-0.2, 0) is 12.6 Å². The van der Waals surface area contributed by atoms with Crippen LogP contribution in [0.15, 0.2) is 83.3 Å². The largest absolute Gasteiger partial charge is 0.416 e. The smallest absolute Gasteiger partial charge is 0.308 e. The zero-order valence-electron chi connectivity index (χ0n) is 14.8. The summed E-state index contributed by atoms with van der Waals surface area (Å²) in [5.74, 6) is -0.350. The van der Waals surface area contributed by atoms with Gasteiger partial charge in [-0.25, -0.2) is 0 Å². The van der Waals surface area contributed by atoms with Gasteiger partial charge in [-0.05, 0) is 48.4 Å². The molecule has 0 aromatic heterocycles. The number of halogens is 4. The van der Waals surface area contributed by atoms with Gasteiger partial charge >= 0.3 is 6.18 Å². The van der Waals surface area contributed by atoms with E-state index < -0.39 is 11.7 Å². The third-order valence-corrected chi connectivity index (χ3v) is 4.76. The van der Waals surface area contributed by atoms with Crippen molar-refractivity contribution in [1.29, 1.82) is 0 Å². The molecule has 0 saturated carbocycles. The summed E-state index contributed by atoms with van der Waals surface area (Å²) >= 11 is 3.33. The predicted octanol–water partition coefficient (Wildman–Crippen LogP) is 6.36. The highest BCUT2D eigenvalue weighted by molar-refractivity contribution is 9.10. The van der Waals surface area contributed by atoms with E-state index in [9.17, 15) is 18.0 Å². The summed E-state index contributed by atoms with van der Waals surface area (Å²) in [5, 5.41) is 0. The van der Waals surface area contributed by atoms with Gasteiger partial charge in [0.1, 0.15) is 0 Å². The van der Waals surface area contributed by atoms with Gasteiger partial charge in [-0.2, -0.15) is 13.2 Å². The number of hydrogen-bond acceptors (Lipinski definition) is 1. The molecule has 0 radical (unpaired) electrons. The number of alkyl halides is 3. The van der Waals surface area contributed by atoms with Crippen molar-refractivity contribution in [1.82, 2.24) is 0 Å². The maximum absolute atomic E-state index is 13.1. The Morgan fingerprint density at radius 2 is 1.61 bits per heavy atom. The van der Waals surface area contributed by atoms with Crippen LogP contribution in [0.2, 0.25) is 0 Å². The third-order valence-electron chi connectivity index (χ3n) is 4.27. The topological polar surface area (TPSA) is 20.3 Å². The van der Waals surface area contributed by atoms with Crippen LogP contribution in [0.4, 0.5) is 18.9 Å². The fourth-order valence-corrected chi connectivity index (χ4v) is 3.26. The second-order valence-corrected chi connectivity index (χ2v) is 7.17. The first kappa shape index (κ1) is 20.1. The molecule has 28 heavy (non-hydrogen) atoms. The van der Waals surface area contributed by atoms with Crippen molar-refractivity contribution in [2.24, 2.45) is 0 Å². The highest BCUT2D eigenvalue weighted by Crippen LogP contribution is 2.32. The van der Waals surface area contributed by atoms with Crippen LogP contribution in [0.3, 0.4) is 0 Å². The van der Waals surface area contributed by atoms with Crippen LogP contribution in [0.5, 0.6) is 0 Å². The van der Waals surface area contributed by atoms with E-state index in [-0.39, 0.29) is 18.1 Å². The first-order valence-electron chi connectivity index (χ1n) is 8.63. The lowest BCUT2D eigenvalue weighted by Gasteiger charge is -2.24. The molecule has 0 saturated heterocycles. The Morgan fingerprint density at radius 3 is 2.29 bits per heavy atom. The lowest BCUT2D eigenvalue weighted by atomic mass is 10.1. The lowest BCUT2D eigenvalue weighted by Crippen LogP contribution is -2.33. The number of hydrogen-bond donors (Lipinski definition) is 0. The number of nitrogens with zero attached hydrogens (tertiary/aromatic N) is 1. The summed E-state index contributed by atoms with van der Waals surface area (Å²) in [6.07, 6.45) is -3.95. The quantitative estimate of drug-likeness (QED) is 0.445. The van der Waals surface area contributed by atoms with Crippen LogP contribution in [0, 0.1) is 0 Å². The van der Waals surface area contributed by atoms with E-state index in [1.807, 2.05) is 30.3 Å². The molecule has 0 unspecified atom stereocenters. The Morgan fingerprint density at radius 1 is 0.893 bits per heavy atom. The summed E-state index contributed by atoms with van der Waals surface area (Å²) in [6, 6.07) is 21.2. The minimum atomic E-state index is -4.47. The van der Waals surface area contributed by atoms with Gasteiger partial charge in [0, 0.05) is 22.3 Å². The molecule has 3 aromatic rings. The van der Waals surface area contributed by atoms with E-state index in [0.29, 0.717) is 12.0 Å². The molecule has 144 valence electrons. The Labute approximate surface area is 169 Å². The number of carbonyl (C=O) groups is 1. The van der Waals surface area contributed by atoms with Gasteiger partial charge in [-0.15, -0.1) is 0 Å². The number of amides is 1. The molecule has 0 fully saturated rings. The summed E-state index contributed by atoms with van der Waals surface area (Å²) in [4.78, 5) is 14.5. The SMILES string of the molecule is O=C(c1cccc(Br)c1)N(CCc1ccccc1)c1cccc(C(F)(F)F)c1. The lowest BCUT2D eigenvalue weighted by molar-refractivity contribution is -0.137. The van der Waals surface area contributed by atoms with Gasteiger partial charge in [0.25, 0.3) is 5.91 Å². The van der Waals surface area contributed by atoms with Crippen molar-refractivity contribution in [3.05, 3.63) is 100 Å². The van der Waals surface area contributed by atoms with Gasteiger partial charge in [-0.1, -0.05) is 58.4 Å². The Bertz CT molecular complexity index is 957. The number of rotatable bonds is 5. The summed E-state index contributed by atoms with van der Waals surface area (Å²) in [6.45, 7) is 0.261. The highest BCUT2D eigenvalue weighted by atomic mass is 79.9. The second-order valence-electron chi connectivity index (χ2n) is 6.25. The monoisotopic (exact) mass is 447 g/mol. The van der Waals surface area contributed by atoms with E-state index in [2.05, 4.69) is 15.9 Å². The molecule has 0 atom stereocenters. The molecule has 0 N–H and O–H groups in total. The van der Waals surface area contributed by atoms with E-state index in [1.54, 1.807) is 24.3 Å². The molecular formula is C22H17BrF3NO. The molecule has 0 heterocycles. The van der Waals surface area contributed by atoms with Crippen LogP contribution in [0.1, 0.15) is 21.5 Å². The summed E-state index contributed by atoms with van der Waals surface area (Å²) < 4.78 is 40.2. The average Bonchev–Trinajstić information content (AvgIpc) is 2.68. The predicted molar refractivity (Wildman–Crippen MR) is 107 cm³/mol. The van der Waals surface area contributed by atoms with E-state index in [0.717, 1.165) is 22.2 Å². The molecule has 2 nitrogen and oxygen atoms in total. The van der Waals surface area contributed by atoms with Crippen LogP contribution < -0.4 is 4.90 Å². The standard InChI is InChI=1S/C22H17BrF3NO/c23-19-10-4-8-17(14-19)21(28)27(13-12-16-6-2-1-3-7-16)20-11-5-9-18(15-20)22(24,25)26/h1-11,14-15H,12-13H2. The fourth-order valence-electron chi connectivity index (χ4n) is 2.86. The molecule has 0 bridgehead atoms. The third kappa shape index (κ3) is 5.01. The summed E-state index contributed by atoms with van der Waals surface area (Å²) in [5.41, 5.74) is 0.842. The molecule has 0 aliphatic heterocycles. The molecule has 6 heteroatoms. The first-order valence-corrected chi connectivity index (χ1v) is 9.42. The molecule has 3 rings (SSSR count). The zero-order valence-corrected chi connectivity index (χ0v) is 16.4. The summed E-state index contributed by atoms with van der Waals surface area (Å²) in [7, 11) is 0. The van der Waals surface area contributed by atoms with Crippen molar-refractivity contribution in [2.75, 3.05) is 11.4 Å². The number of anilines is 1. The highest BCUT2D eigenvalue weighted by Gasteiger charge is 2.31. The molecule has 3 aromatic carbocycles. The average molecular weight is 448 g/mol. The molecule has 1 amide bonds. The van der Waals surface area contributed by atoms with E-state index in [4.69, 9.17) is 0 Å². The van der Waals surface area contributed by atoms with Gasteiger partial charge in [0.15, 0.2) is 0 Å². The van der Waals surface area contributed by atoms with Crippen molar-refractivity contribution in [3.8, 4) is 0 Å². The number of carbonyl (C=O) groups excluding carboxylic acids is 1. The number of benzene rings is 3. The zero-order chi connectivity index (χ0) is 20.1. The second kappa shape index (κ2) is 8.61. The fraction of sp³-hybridized carbons (Fsp3) is 0.136. The Kier molecular flexibility index (Phi) is 6.19. The molecule has 0 spiro atoms.